The maximum Gasteiger partial charge on any atom is 0.382 e. The first-order chi connectivity index (χ1) is 9.45. The van der Waals surface area contributed by atoms with Gasteiger partial charge in [0.05, 0.1) is 7.11 Å². The zero-order valence-corrected chi connectivity index (χ0v) is 11.6. The number of ketones is 3. The van der Waals surface area contributed by atoms with Crippen molar-refractivity contribution in [2.45, 2.75) is 19.3 Å². The van der Waals surface area contributed by atoms with Gasteiger partial charge in [-0.3, -0.25) is 14.4 Å². The Morgan fingerprint density at radius 1 is 1.05 bits per heavy atom. The van der Waals surface area contributed by atoms with Crippen molar-refractivity contribution >= 4 is 34.9 Å². The normalized spacial score (nSPS) is 9.90. The van der Waals surface area contributed by atoms with Crippen LogP contribution in [0.25, 0.3) is 0 Å². The number of hydrogen-bond acceptors (Lipinski definition) is 5. The Morgan fingerprint density at radius 2 is 1.65 bits per heavy atom. The summed E-state index contributed by atoms with van der Waals surface area (Å²) in [5.74, 6) is -3.37. The molecular weight excluding hydrogens is 284 g/mol. The van der Waals surface area contributed by atoms with Gasteiger partial charge in [-0.05, 0) is 30.7 Å². The molecule has 0 radical (unpaired) electrons. The molecule has 0 atom stereocenters. The summed E-state index contributed by atoms with van der Waals surface area (Å²) in [7, 11) is 1.03. The minimum atomic E-state index is -1.19. The lowest BCUT2D eigenvalue weighted by molar-refractivity contribution is -0.155. The van der Waals surface area contributed by atoms with E-state index in [1.54, 1.807) is 24.3 Å². The summed E-state index contributed by atoms with van der Waals surface area (Å²) in [5, 5.41) is 0.528. The summed E-state index contributed by atoms with van der Waals surface area (Å²) in [5.41, 5.74) is 0.487. The highest BCUT2D eigenvalue weighted by molar-refractivity contribution is 6.62. The Kier molecular flexibility index (Phi) is 6.06. The molecule has 0 unspecified atom stereocenters. The first-order valence-electron chi connectivity index (χ1n) is 5.90. The van der Waals surface area contributed by atoms with Gasteiger partial charge < -0.3 is 4.74 Å². The highest BCUT2D eigenvalue weighted by Crippen LogP contribution is 2.12. The first kappa shape index (κ1) is 16.0. The van der Waals surface area contributed by atoms with Crippen molar-refractivity contribution in [3.63, 3.8) is 0 Å². The average Bonchev–Trinajstić information content (AvgIpc) is 2.45. The molecule has 106 valence electrons. The Morgan fingerprint density at radius 3 is 2.20 bits per heavy atom. The molecule has 0 fully saturated rings. The van der Waals surface area contributed by atoms with Gasteiger partial charge in [-0.2, -0.15) is 0 Å². The van der Waals surface area contributed by atoms with Crippen molar-refractivity contribution < 1.29 is 23.9 Å². The number of methoxy groups -OCH3 is 1. The first-order valence-corrected chi connectivity index (χ1v) is 6.27. The molecule has 0 aliphatic heterocycles. The van der Waals surface area contributed by atoms with Gasteiger partial charge in [0.15, 0.2) is 5.78 Å². The Labute approximate surface area is 120 Å². The van der Waals surface area contributed by atoms with Crippen LogP contribution in [0.5, 0.6) is 0 Å². The third-order valence-electron chi connectivity index (χ3n) is 2.60. The van der Waals surface area contributed by atoms with Crippen molar-refractivity contribution in [1.82, 2.24) is 0 Å². The van der Waals surface area contributed by atoms with E-state index in [1.165, 1.54) is 0 Å². The molecule has 0 saturated carbocycles. The van der Waals surface area contributed by atoms with E-state index < -0.39 is 17.5 Å². The number of hydrogen-bond donors (Lipinski definition) is 0. The van der Waals surface area contributed by atoms with Crippen molar-refractivity contribution in [2.24, 2.45) is 0 Å². The third-order valence-corrected chi connectivity index (χ3v) is 2.85. The lowest BCUT2D eigenvalue weighted by Crippen LogP contribution is -2.24. The van der Waals surface area contributed by atoms with Gasteiger partial charge in [0.25, 0.3) is 0 Å². The lowest BCUT2D eigenvalue weighted by atomic mass is 10.0. The molecule has 0 aliphatic carbocycles. The molecule has 0 N–H and O–H groups in total. The van der Waals surface area contributed by atoms with Gasteiger partial charge >= 0.3 is 11.8 Å². The summed E-state index contributed by atoms with van der Waals surface area (Å²) in [4.78, 5) is 45.1. The molecule has 0 aliphatic rings. The largest absolute Gasteiger partial charge is 0.463 e. The fourth-order valence-electron chi connectivity index (χ4n) is 1.51. The standard InChI is InChI=1S/C14H13ClO5/c1-20-14(19)13(18)12(17)4-2-3-11(16)9-5-7-10(15)8-6-9/h5-8H,2-4H2,1H3. The summed E-state index contributed by atoms with van der Waals surface area (Å²) >= 11 is 5.70. The van der Waals surface area contributed by atoms with Crippen LogP contribution < -0.4 is 0 Å². The number of ether oxygens (including phenoxy) is 1. The summed E-state index contributed by atoms with van der Waals surface area (Å²) in [6.07, 6.45) is 0.151. The van der Waals surface area contributed by atoms with Gasteiger partial charge in [0.2, 0.25) is 5.78 Å². The van der Waals surface area contributed by atoms with Crippen molar-refractivity contribution in [3.8, 4) is 0 Å². The second-order valence-corrected chi connectivity index (χ2v) is 4.46. The Hall–Kier alpha value is -2.01. The van der Waals surface area contributed by atoms with Crippen molar-refractivity contribution in [3.05, 3.63) is 34.9 Å². The van der Waals surface area contributed by atoms with E-state index in [2.05, 4.69) is 4.74 Å². The smallest absolute Gasteiger partial charge is 0.382 e. The molecule has 5 nitrogen and oxygen atoms in total. The topological polar surface area (TPSA) is 77.5 Å². The van der Waals surface area contributed by atoms with Crippen LogP contribution in [0, 0.1) is 0 Å². The second kappa shape index (κ2) is 7.55. The number of benzene rings is 1. The van der Waals surface area contributed by atoms with Crippen LogP contribution >= 0.6 is 11.6 Å². The number of carbonyl (C=O) groups is 4. The summed E-state index contributed by atoms with van der Waals surface area (Å²) < 4.78 is 4.15. The lowest BCUT2D eigenvalue weighted by Gasteiger charge is -2.01. The van der Waals surface area contributed by atoms with Gasteiger partial charge in [-0.1, -0.05) is 11.6 Å². The van der Waals surface area contributed by atoms with Gasteiger partial charge in [-0.25, -0.2) is 4.79 Å². The van der Waals surface area contributed by atoms with Gasteiger partial charge in [0, 0.05) is 23.4 Å². The minimum Gasteiger partial charge on any atom is -0.463 e. The zero-order valence-electron chi connectivity index (χ0n) is 10.8. The van der Waals surface area contributed by atoms with Crippen molar-refractivity contribution in [2.75, 3.05) is 7.11 Å². The monoisotopic (exact) mass is 296 g/mol. The van der Waals surface area contributed by atoms with E-state index >= 15 is 0 Å². The molecule has 0 bridgehead atoms. The van der Waals surface area contributed by atoms with E-state index in [0.717, 1.165) is 7.11 Å². The number of esters is 1. The van der Waals surface area contributed by atoms with Crippen LogP contribution in [0.2, 0.25) is 5.02 Å². The average molecular weight is 297 g/mol. The molecule has 0 amide bonds. The van der Waals surface area contributed by atoms with E-state index in [-0.39, 0.29) is 25.0 Å². The molecule has 0 saturated heterocycles. The summed E-state index contributed by atoms with van der Waals surface area (Å²) in [6.45, 7) is 0. The Bertz CT molecular complexity index is 533. The molecule has 0 aromatic heterocycles. The fraction of sp³-hybridized carbons (Fsp3) is 0.286. The zero-order chi connectivity index (χ0) is 15.1. The maximum atomic E-state index is 11.8. The molecule has 1 rings (SSSR count). The second-order valence-electron chi connectivity index (χ2n) is 4.03. The van der Waals surface area contributed by atoms with E-state index in [4.69, 9.17) is 11.6 Å². The maximum absolute atomic E-state index is 11.8. The van der Waals surface area contributed by atoms with Crippen LogP contribution in [0.3, 0.4) is 0 Å². The minimum absolute atomic E-state index is 0.113. The highest BCUT2D eigenvalue weighted by atomic mass is 35.5. The van der Waals surface area contributed by atoms with E-state index in [9.17, 15) is 19.2 Å². The highest BCUT2D eigenvalue weighted by Gasteiger charge is 2.22. The number of Topliss-reactive ketones (excluding diaryl/α,β-unsaturated/α-hetero) is 3. The SMILES string of the molecule is COC(=O)C(=O)C(=O)CCCC(=O)c1ccc(Cl)cc1. The molecule has 0 spiro atoms. The number of carbonyl (C=O) groups excluding carboxylic acids is 4. The van der Waals surface area contributed by atoms with Crippen molar-refractivity contribution in [1.29, 1.82) is 0 Å². The van der Waals surface area contributed by atoms with Crippen LogP contribution in [0.15, 0.2) is 24.3 Å². The van der Waals surface area contributed by atoms with Crippen LogP contribution in [0.1, 0.15) is 29.6 Å². The third kappa shape index (κ3) is 4.59. The van der Waals surface area contributed by atoms with Crippen LogP contribution in [-0.4, -0.2) is 30.4 Å². The summed E-state index contributed by atoms with van der Waals surface area (Å²) in [6, 6.07) is 6.37. The number of halogens is 1. The van der Waals surface area contributed by atoms with Crippen LogP contribution in [0.4, 0.5) is 0 Å². The fourth-order valence-corrected chi connectivity index (χ4v) is 1.64. The predicted molar refractivity (Wildman–Crippen MR) is 71.7 cm³/mol. The molecule has 20 heavy (non-hydrogen) atoms. The molecule has 6 heteroatoms. The molecule has 1 aromatic carbocycles. The number of rotatable bonds is 7. The van der Waals surface area contributed by atoms with E-state index in [1.807, 2.05) is 0 Å². The predicted octanol–water partition coefficient (Wildman–Crippen LogP) is 2.00. The van der Waals surface area contributed by atoms with Crippen LogP contribution in [-0.2, 0) is 19.1 Å². The Balaban J connectivity index is 2.43. The van der Waals surface area contributed by atoms with Gasteiger partial charge in [0.1, 0.15) is 0 Å². The molecule has 1 aromatic rings. The quantitative estimate of drug-likeness (QED) is 0.333. The molecule has 0 heterocycles. The van der Waals surface area contributed by atoms with E-state index in [0.29, 0.717) is 10.6 Å². The van der Waals surface area contributed by atoms with Gasteiger partial charge in [-0.15, -0.1) is 0 Å². The molecular formula is C14H13ClO5.